The molecule has 7 nitrogen and oxygen atoms in total. The van der Waals surface area contributed by atoms with E-state index < -0.39 is 16.1 Å². The van der Waals surface area contributed by atoms with Crippen molar-refractivity contribution in [2.75, 3.05) is 19.0 Å². The molecular formula is C20H25N3O4S. The Morgan fingerprint density at radius 3 is 2.18 bits per heavy atom. The third-order valence-corrected chi connectivity index (χ3v) is 5.24. The number of para-hydroxylation sites is 1. The Morgan fingerprint density at radius 1 is 1.14 bits per heavy atom. The van der Waals surface area contributed by atoms with Gasteiger partial charge >= 0.3 is 0 Å². The standard InChI is InChI=1S/C14H18N2O4S.C6H7N/c1-4-12-14(15-16(2)13(9-17)20-12)10-5-7-11(8-6-10)21(3,18)19;7-6-4-2-1-3-5-6/h5-9,12-13H,4H2,1-3H3;1-5H,7H2. The molecule has 3 rings (SSSR count). The molecule has 0 spiro atoms. The van der Waals surface area contributed by atoms with Crippen molar-refractivity contribution >= 4 is 27.5 Å². The molecule has 150 valence electrons. The fourth-order valence-electron chi connectivity index (χ4n) is 2.59. The van der Waals surface area contributed by atoms with Crippen LogP contribution in [-0.4, -0.2) is 51.1 Å². The first kappa shape index (κ1) is 21.6. The first-order valence-electron chi connectivity index (χ1n) is 8.79. The summed E-state index contributed by atoms with van der Waals surface area (Å²) in [6.07, 6.45) is 1.57. The van der Waals surface area contributed by atoms with Gasteiger partial charge in [-0.15, -0.1) is 0 Å². The van der Waals surface area contributed by atoms with Crippen molar-refractivity contribution in [3.8, 4) is 0 Å². The van der Waals surface area contributed by atoms with Crippen LogP contribution < -0.4 is 5.73 Å². The van der Waals surface area contributed by atoms with Crippen LogP contribution in [0.1, 0.15) is 18.9 Å². The van der Waals surface area contributed by atoms with Crippen LogP contribution in [-0.2, 0) is 19.4 Å². The molecule has 2 atom stereocenters. The number of likely N-dealkylation sites (N-methyl/N-ethyl adjacent to an activating group) is 1. The van der Waals surface area contributed by atoms with Crippen LogP contribution >= 0.6 is 0 Å². The molecule has 1 aliphatic heterocycles. The van der Waals surface area contributed by atoms with Crippen LogP contribution in [0.3, 0.4) is 0 Å². The molecule has 1 aliphatic rings. The van der Waals surface area contributed by atoms with Crippen LogP contribution in [0.25, 0.3) is 0 Å². The Balaban J connectivity index is 0.000000336. The number of hydrogen-bond acceptors (Lipinski definition) is 7. The highest BCUT2D eigenvalue weighted by atomic mass is 32.2. The molecule has 0 aromatic heterocycles. The molecule has 0 bridgehead atoms. The predicted molar refractivity (Wildman–Crippen MR) is 110 cm³/mol. The Bertz CT molecular complexity index is 912. The maximum atomic E-state index is 11.5. The lowest BCUT2D eigenvalue weighted by atomic mass is 10.0. The van der Waals surface area contributed by atoms with Crippen molar-refractivity contribution in [1.29, 1.82) is 0 Å². The first-order valence-corrected chi connectivity index (χ1v) is 10.7. The second-order valence-corrected chi connectivity index (χ2v) is 8.34. The van der Waals surface area contributed by atoms with E-state index >= 15 is 0 Å². The van der Waals surface area contributed by atoms with Gasteiger partial charge in [0.15, 0.2) is 16.1 Å². The molecule has 28 heavy (non-hydrogen) atoms. The van der Waals surface area contributed by atoms with E-state index in [0.717, 1.165) is 11.3 Å². The zero-order valence-electron chi connectivity index (χ0n) is 16.1. The lowest BCUT2D eigenvalue weighted by Crippen LogP contribution is -2.44. The molecule has 0 saturated heterocycles. The summed E-state index contributed by atoms with van der Waals surface area (Å²) < 4.78 is 28.6. The van der Waals surface area contributed by atoms with Crippen LogP contribution in [0.5, 0.6) is 0 Å². The molecule has 1 heterocycles. The third kappa shape index (κ3) is 5.64. The van der Waals surface area contributed by atoms with Crippen molar-refractivity contribution < 1.29 is 17.9 Å². The van der Waals surface area contributed by atoms with Crippen molar-refractivity contribution in [3.05, 3.63) is 60.2 Å². The summed E-state index contributed by atoms with van der Waals surface area (Å²) >= 11 is 0. The van der Waals surface area contributed by atoms with Crippen LogP contribution in [0.15, 0.2) is 64.6 Å². The lowest BCUT2D eigenvalue weighted by molar-refractivity contribution is -0.135. The van der Waals surface area contributed by atoms with E-state index in [2.05, 4.69) is 5.10 Å². The topological polar surface area (TPSA) is 102 Å². The fraction of sp³-hybridized carbons (Fsp3) is 0.300. The molecule has 0 radical (unpaired) electrons. The second kappa shape index (κ2) is 9.48. The highest BCUT2D eigenvalue weighted by Crippen LogP contribution is 2.20. The minimum Gasteiger partial charge on any atom is -0.399 e. The van der Waals surface area contributed by atoms with Crippen LogP contribution in [0, 0.1) is 0 Å². The minimum absolute atomic E-state index is 0.260. The smallest absolute Gasteiger partial charge is 0.201 e. The van der Waals surface area contributed by atoms with Crippen molar-refractivity contribution in [3.63, 3.8) is 0 Å². The number of benzene rings is 2. The van der Waals surface area contributed by atoms with Crippen molar-refractivity contribution in [1.82, 2.24) is 5.01 Å². The summed E-state index contributed by atoms with van der Waals surface area (Å²) in [6, 6.07) is 16.0. The molecule has 0 amide bonds. The summed E-state index contributed by atoms with van der Waals surface area (Å²) in [5, 5.41) is 5.85. The zero-order chi connectivity index (χ0) is 20.7. The van der Waals surface area contributed by atoms with Gasteiger partial charge < -0.3 is 10.5 Å². The largest absolute Gasteiger partial charge is 0.399 e. The molecule has 2 unspecified atom stereocenters. The quantitative estimate of drug-likeness (QED) is 0.621. The van der Waals surface area contributed by atoms with Gasteiger partial charge in [-0.3, -0.25) is 9.80 Å². The van der Waals surface area contributed by atoms with Gasteiger partial charge in [0.05, 0.1) is 10.6 Å². The van der Waals surface area contributed by atoms with E-state index in [1.807, 2.05) is 37.3 Å². The number of nitrogens with two attached hydrogens (primary N) is 1. The molecule has 2 aromatic carbocycles. The van der Waals surface area contributed by atoms with Gasteiger partial charge in [0.2, 0.25) is 6.23 Å². The summed E-state index contributed by atoms with van der Waals surface area (Å²) in [6.45, 7) is 1.94. The number of carbonyl (C=O) groups is 1. The first-order chi connectivity index (χ1) is 13.3. The van der Waals surface area contributed by atoms with Gasteiger partial charge in [-0.1, -0.05) is 37.3 Å². The molecule has 2 N–H and O–H groups in total. The number of nitrogen functional groups attached to an aromatic ring is 1. The highest BCUT2D eigenvalue weighted by Gasteiger charge is 2.29. The van der Waals surface area contributed by atoms with Crippen molar-refractivity contribution in [2.45, 2.75) is 30.6 Å². The Kier molecular flexibility index (Phi) is 7.31. The van der Waals surface area contributed by atoms with Gasteiger partial charge in [-0.2, -0.15) is 5.10 Å². The number of hydrogen-bond donors (Lipinski definition) is 1. The average molecular weight is 404 g/mol. The number of carbonyl (C=O) groups excluding carboxylic acids is 1. The third-order valence-electron chi connectivity index (χ3n) is 4.11. The minimum atomic E-state index is -3.22. The summed E-state index contributed by atoms with van der Waals surface area (Å²) in [7, 11) is -1.56. The second-order valence-electron chi connectivity index (χ2n) is 6.33. The van der Waals surface area contributed by atoms with E-state index in [0.29, 0.717) is 18.4 Å². The van der Waals surface area contributed by atoms with Crippen LogP contribution in [0.4, 0.5) is 5.69 Å². The molecule has 0 saturated carbocycles. The SMILES string of the molecule is CCC1OC(C=O)N(C)N=C1c1ccc(S(C)(=O)=O)cc1.Nc1ccccc1. The number of hydrazone groups is 1. The van der Waals surface area contributed by atoms with E-state index in [-0.39, 0.29) is 11.0 Å². The molecule has 2 aromatic rings. The Hall–Kier alpha value is -2.71. The van der Waals surface area contributed by atoms with Crippen molar-refractivity contribution in [2.24, 2.45) is 5.10 Å². The fourth-order valence-corrected chi connectivity index (χ4v) is 3.22. The number of aldehydes is 1. The van der Waals surface area contributed by atoms with Gasteiger partial charge in [-0.05, 0) is 30.7 Å². The molecule has 0 aliphatic carbocycles. The average Bonchev–Trinajstić information content (AvgIpc) is 2.68. The summed E-state index contributed by atoms with van der Waals surface area (Å²) in [5.41, 5.74) is 7.66. The van der Waals surface area contributed by atoms with E-state index in [1.54, 1.807) is 31.3 Å². The van der Waals surface area contributed by atoms with E-state index in [9.17, 15) is 13.2 Å². The van der Waals surface area contributed by atoms with Gasteiger partial charge in [0, 0.05) is 24.6 Å². The normalized spacial score (nSPS) is 19.2. The van der Waals surface area contributed by atoms with Gasteiger partial charge in [0.1, 0.15) is 6.10 Å². The maximum absolute atomic E-state index is 11.5. The maximum Gasteiger partial charge on any atom is 0.201 e. The summed E-state index contributed by atoms with van der Waals surface area (Å²) in [4.78, 5) is 11.2. The molecular weight excluding hydrogens is 378 g/mol. The van der Waals surface area contributed by atoms with E-state index in [1.165, 1.54) is 11.3 Å². The predicted octanol–water partition coefficient (Wildman–Crippen LogP) is 2.33. The lowest BCUT2D eigenvalue weighted by Gasteiger charge is -2.33. The monoisotopic (exact) mass is 403 g/mol. The van der Waals surface area contributed by atoms with Crippen LogP contribution in [0.2, 0.25) is 0 Å². The van der Waals surface area contributed by atoms with E-state index in [4.69, 9.17) is 10.5 Å². The number of rotatable bonds is 4. The number of ether oxygens (including phenoxy) is 1. The molecule has 0 fully saturated rings. The Labute approximate surface area is 165 Å². The number of nitrogens with zero attached hydrogens (tertiary/aromatic N) is 2. The number of anilines is 1. The number of sulfone groups is 1. The highest BCUT2D eigenvalue weighted by molar-refractivity contribution is 7.90. The summed E-state index contributed by atoms with van der Waals surface area (Å²) in [5.74, 6) is 0. The van der Waals surface area contributed by atoms with Gasteiger partial charge in [0.25, 0.3) is 0 Å². The zero-order valence-corrected chi connectivity index (χ0v) is 17.0. The Morgan fingerprint density at radius 2 is 1.75 bits per heavy atom. The van der Waals surface area contributed by atoms with Gasteiger partial charge in [-0.25, -0.2) is 8.42 Å². The molecule has 8 heteroatoms.